The molecule has 224 valence electrons. The standard InChI is InChI=1S/C31H29F3N4O4S/c32-31(33,34)42-22-14-16-23(17-15-22)43(35,40)36-24-19-37(18-21-8-2-1-3-9-21)20-27(30(24)39)38-25-10-4-6-12-28(25)41-29-13-7-5-11-26(29)38/h1-17,24,27,30,39H,18-20H2,(H2,35,36,40). The van der Waals surface area contributed by atoms with Gasteiger partial charge in [-0.25, -0.2) is 13.7 Å². The lowest BCUT2D eigenvalue weighted by molar-refractivity contribution is -0.274. The van der Waals surface area contributed by atoms with Gasteiger partial charge < -0.3 is 19.5 Å². The van der Waals surface area contributed by atoms with E-state index in [9.17, 15) is 22.5 Å². The van der Waals surface area contributed by atoms with Crippen molar-refractivity contribution in [3.8, 4) is 17.2 Å². The Morgan fingerprint density at radius 2 is 1.47 bits per heavy atom. The number of hydrogen-bond donors (Lipinski definition) is 3. The van der Waals surface area contributed by atoms with Crippen molar-refractivity contribution in [2.24, 2.45) is 0 Å². The molecule has 4 aromatic rings. The van der Waals surface area contributed by atoms with Crippen LogP contribution in [0.15, 0.2) is 108 Å². The summed E-state index contributed by atoms with van der Waals surface area (Å²) in [6, 6.07) is 27.8. The monoisotopic (exact) mass is 610 g/mol. The van der Waals surface area contributed by atoms with Crippen molar-refractivity contribution >= 4 is 21.3 Å². The largest absolute Gasteiger partial charge is 0.573 e. The third-order valence-electron chi connectivity index (χ3n) is 7.46. The number of halogens is 3. The second kappa shape index (κ2) is 11.5. The highest BCUT2D eigenvalue weighted by atomic mass is 32.2. The predicted molar refractivity (Wildman–Crippen MR) is 156 cm³/mol. The lowest BCUT2D eigenvalue weighted by atomic mass is 9.94. The van der Waals surface area contributed by atoms with Crippen molar-refractivity contribution in [3.63, 3.8) is 0 Å². The van der Waals surface area contributed by atoms with E-state index in [0.29, 0.717) is 24.6 Å². The molecule has 8 nitrogen and oxygen atoms in total. The van der Waals surface area contributed by atoms with Gasteiger partial charge in [0.1, 0.15) is 15.7 Å². The van der Waals surface area contributed by atoms with Crippen LogP contribution in [0, 0.1) is 4.78 Å². The number of ether oxygens (including phenoxy) is 2. The molecule has 1 saturated heterocycles. The molecule has 0 bridgehead atoms. The van der Waals surface area contributed by atoms with Crippen LogP contribution in [0.4, 0.5) is 24.5 Å². The van der Waals surface area contributed by atoms with Crippen LogP contribution in [0.5, 0.6) is 17.2 Å². The third kappa shape index (κ3) is 6.32. The van der Waals surface area contributed by atoms with Gasteiger partial charge in [0.15, 0.2) is 11.5 Å². The number of piperidine rings is 1. The zero-order chi connectivity index (χ0) is 30.2. The van der Waals surface area contributed by atoms with E-state index in [1.54, 1.807) is 0 Å². The van der Waals surface area contributed by atoms with E-state index < -0.39 is 40.2 Å². The van der Waals surface area contributed by atoms with Crippen molar-refractivity contribution < 1.29 is 32.0 Å². The summed E-state index contributed by atoms with van der Waals surface area (Å²) in [6.07, 6.45) is -5.97. The molecule has 3 N–H and O–H groups in total. The summed E-state index contributed by atoms with van der Waals surface area (Å²) in [7, 11) is -3.74. The van der Waals surface area contributed by atoms with Crippen molar-refractivity contribution in [1.82, 2.24) is 9.62 Å². The van der Waals surface area contributed by atoms with Gasteiger partial charge in [-0.05, 0) is 54.1 Å². The highest BCUT2D eigenvalue weighted by molar-refractivity contribution is 7.90. The van der Waals surface area contributed by atoms with E-state index in [1.807, 2.05) is 83.8 Å². The van der Waals surface area contributed by atoms with Gasteiger partial charge in [-0.3, -0.25) is 4.90 Å². The molecule has 6 rings (SSSR count). The molecule has 0 aromatic heterocycles. The predicted octanol–water partition coefficient (Wildman–Crippen LogP) is 6.05. The molecule has 0 spiro atoms. The minimum absolute atomic E-state index is 0.0342. The highest BCUT2D eigenvalue weighted by Gasteiger charge is 2.43. The molecule has 2 aliphatic heterocycles. The normalized spacial score (nSPS) is 21.7. The first-order valence-electron chi connectivity index (χ1n) is 13.6. The Morgan fingerprint density at radius 1 is 0.884 bits per heavy atom. The van der Waals surface area contributed by atoms with E-state index in [4.69, 9.17) is 9.52 Å². The number of aliphatic hydroxyl groups excluding tert-OH is 1. The van der Waals surface area contributed by atoms with Crippen molar-refractivity contribution in [3.05, 3.63) is 109 Å². The minimum atomic E-state index is -4.87. The molecule has 1 fully saturated rings. The number of nitrogens with one attached hydrogen (secondary N) is 2. The first-order valence-corrected chi connectivity index (χ1v) is 15.1. The van der Waals surface area contributed by atoms with E-state index in [-0.39, 0.29) is 11.4 Å². The molecule has 0 radical (unpaired) electrons. The molecular formula is C31H29F3N4O4S. The lowest BCUT2D eigenvalue weighted by Gasteiger charge is -2.48. The number of alkyl halides is 3. The zero-order valence-corrected chi connectivity index (χ0v) is 23.6. The van der Waals surface area contributed by atoms with Crippen LogP contribution in [0.2, 0.25) is 0 Å². The Bertz CT molecular complexity index is 1640. The summed E-state index contributed by atoms with van der Waals surface area (Å²) < 4.78 is 73.1. The molecule has 4 aromatic carbocycles. The smallest absolute Gasteiger partial charge is 0.453 e. The number of para-hydroxylation sites is 4. The lowest BCUT2D eigenvalue weighted by Crippen LogP contribution is -2.64. The van der Waals surface area contributed by atoms with E-state index in [0.717, 1.165) is 41.2 Å². The first kappa shape index (κ1) is 29.0. The zero-order valence-electron chi connectivity index (χ0n) is 22.8. The van der Waals surface area contributed by atoms with Gasteiger partial charge in [-0.15, -0.1) is 13.2 Å². The Balaban J connectivity index is 1.34. The molecule has 2 aliphatic rings. The maximum absolute atomic E-state index is 13.7. The van der Waals surface area contributed by atoms with Gasteiger partial charge in [0.2, 0.25) is 0 Å². The summed E-state index contributed by atoms with van der Waals surface area (Å²) in [6.45, 7) is 1.25. The van der Waals surface area contributed by atoms with Gasteiger partial charge in [-0.1, -0.05) is 54.6 Å². The average molecular weight is 611 g/mol. The van der Waals surface area contributed by atoms with E-state index >= 15 is 0 Å². The van der Waals surface area contributed by atoms with Crippen LogP contribution in [0.3, 0.4) is 0 Å². The maximum atomic E-state index is 13.7. The average Bonchev–Trinajstić information content (AvgIpc) is 2.97. The van der Waals surface area contributed by atoms with Gasteiger partial charge in [-0.2, -0.15) is 0 Å². The van der Waals surface area contributed by atoms with Crippen molar-refractivity contribution in [1.29, 1.82) is 4.78 Å². The van der Waals surface area contributed by atoms with Crippen LogP contribution in [-0.4, -0.2) is 51.9 Å². The third-order valence-corrected chi connectivity index (χ3v) is 9.03. The maximum Gasteiger partial charge on any atom is 0.573 e. The summed E-state index contributed by atoms with van der Waals surface area (Å²) in [4.78, 5) is 4.12. The molecular weight excluding hydrogens is 581 g/mol. The summed E-state index contributed by atoms with van der Waals surface area (Å²) >= 11 is 0. The SMILES string of the molecule is N=S(=O)(NC1CN(Cc2ccccc2)CC(N2c3ccccc3Oc3ccccc32)C1O)c1ccc(OC(F)(F)F)cc1. The number of nitrogens with zero attached hydrogens (tertiary/aromatic N) is 2. The number of hydrogen-bond acceptors (Lipinski definition) is 7. The minimum Gasteiger partial charge on any atom is -0.453 e. The number of benzene rings is 4. The second-order valence-corrected chi connectivity index (χ2v) is 12.3. The molecule has 2 heterocycles. The molecule has 0 aliphatic carbocycles. The number of rotatable bonds is 7. The van der Waals surface area contributed by atoms with Crippen molar-refractivity contribution in [2.45, 2.75) is 36.0 Å². The van der Waals surface area contributed by atoms with Crippen LogP contribution < -0.4 is 19.1 Å². The quantitative estimate of drug-likeness (QED) is 0.236. The highest BCUT2D eigenvalue weighted by Crippen LogP contribution is 2.48. The number of aliphatic hydroxyl groups is 1. The summed E-state index contributed by atoms with van der Waals surface area (Å²) in [5, 5.41) is 11.9. The van der Waals surface area contributed by atoms with E-state index in [2.05, 4.69) is 14.4 Å². The van der Waals surface area contributed by atoms with Gasteiger partial charge >= 0.3 is 6.36 Å². The van der Waals surface area contributed by atoms with Crippen LogP contribution in [0.1, 0.15) is 5.56 Å². The molecule has 0 saturated carbocycles. The molecule has 4 unspecified atom stereocenters. The fourth-order valence-electron chi connectivity index (χ4n) is 5.62. The topological polar surface area (TPSA) is 98.1 Å². The Labute approximate surface area is 247 Å². The summed E-state index contributed by atoms with van der Waals surface area (Å²) in [5.41, 5.74) is 2.57. The summed E-state index contributed by atoms with van der Waals surface area (Å²) in [5.74, 6) is 0.773. The van der Waals surface area contributed by atoms with Crippen LogP contribution in [-0.2, 0) is 16.5 Å². The Kier molecular flexibility index (Phi) is 7.77. The first-order chi connectivity index (χ1) is 20.6. The van der Waals surface area contributed by atoms with Crippen LogP contribution >= 0.6 is 0 Å². The fraction of sp³-hybridized carbons (Fsp3) is 0.226. The van der Waals surface area contributed by atoms with E-state index in [1.165, 1.54) is 0 Å². The molecule has 43 heavy (non-hydrogen) atoms. The number of anilines is 2. The van der Waals surface area contributed by atoms with Gasteiger partial charge in [0.25, 0.3) is 0 Å². The Morgan fingerprint density at radius 3 is 2.07 bits per heavy atom. The Hall–Kier alpha value is -4.10. The second-order valence-electron chi connectivity index (χ2n) is 10.4. The molecule has 4 atom stereocenters. The number of likely N-dealkylation sites (tertiary alicyclic amines) is 1. The molecule has 0 amide bonds. The molecule has 12 heteroatoms. The van der Waals surface area contributed by atoms with Gasteiger partial charge in [0.05, 0.1) is 34.5 Å². The fourth-order valence-corrected chi connectivity index (χ4v) is 6.91. The van der Waals surface area contributed by atoms with Gasteiger partial charge in [0, 0.05) is 19.6 Å². The van der Waals surface area contributed by atoms with Crippen molar-refractivity contribution in [2.75, 3.05) is 18.0 Å². The van der Waals surface area contributed by atoms with Crippen LogP contribution in [0.25, 0.3) is 0 Å². The number of fused-ring (bicyclic) bond motifs is 2.